The molecule has 0 aliphatic carbocycles. The highest BCUT2D eigenvalue weighted by atomic mass is 32.2. The first-order valence-corrected chi connectivity index (χ1v) is 10.4. The lowest BCUT2D eigenvalue weighted by Crippen LogP contribution is -2.22. The first-order valence-electron chi connectivity index (χ1n) is 9.47. The van der Waals surface area contributed by atoms with Crippen molar-refractivity contribution in [3.05, 3.63) is 84.7 Å². The molecule has 0 aliphatic rings. The standard InChI is InChI=1S/C23H18FN3O3S/c1-15(31-23-27-26-22(30-23)19-9-5-6-10-20(19)24)21(28)25-16-11-13-18(14-12-16)29-17-7-3-2-4-8-17/h2-15H,1H3,(H,25,28). The summed E-state index contributed by atoms with van der Waals surface area (Å²) in [6.07, 6.45) is 0. The van der Waals surface area contributed by atoms with Crippen LogP contribution in [0.3, 0.4) is 0 Å². The monoisotopic (exact) mass is 435 g/mol. The van der Waals surface area contributed by atoms with E-state index in [0.717, 1.165) is 17.5 Å². The van der Waals surface area contributed by atoms with Gasteiger partial charge in [0.05, 0.1) is 10.8 Å². The van der Waals surface area contributed by atoms with Gasteiger partial charge in [0.1, 0.15) is 17.3 Å². The van der Waals surface area contributed by atoms with Crippen LogP contribution in [0.4, 0.5) is 10.1 Å². The number of nitrogens with one attached hydrogen (secondary N) is 1. The third-order valence-electron chi connectivity index (χ3n) is 4.26. The molecule has 31 heavy (non-hydrogen) atoms. The van der Waals surface area contributed by atoms with Gasteiger partial charge in [-0.15, -0.1) is 10.2 Å². The van der Waals surface area contributed by atoms with Crippen molar-refractivity contribution in [3.8, 4) is 23.0 Å². The summed E-state index contributed by atoms with van der Waals surface area (Å²) < 4.78 is 25.1. The number of thioether (sulfide) groups is 1. The first-order chi connectivity index (χ1) is 15.1. The molecule has 1 atom stereocenters. The summed E-state index contributed by atoms with van der Waals surface area (Å²) in [7, 11) is 0. The summed E-state index contributed by atoms with van der Waals surface area (Å²) in [5.41, 5.74) is 0.854. The highest BCUT2D eigenvalue weighted by Crippen LogP contribution is 2.28. The Morgan fingerprint density at radius 2 is 1.65 bits per heavy atom. The zero-order valence-corrected chi connectivity index (χ0v) is 17.3. The van der Waals surface area contributed by atoms with Crippen molar-refractivity contribution in [2.24, 2.45) is 0 Å². The fourth-order valence-corrected chi connectivity index (χ4v) is 3.36. The van der Waals surface area contributed by atoms with Crippen LogP contribution < -0.4 is 10.1 Å². The smallest absolute Gasteiger partial charge is 0.277 e. The number of nitrogens with zero attached hydrogens (tertiary/aromatic N) is 2. The minimum atomic E-state index is -0.505. The molecule has 3 aromatic carbocycles. The van der Waals surface area contributed by atoms with Crippen LogP contribution in [0, 0.1) is 5.82 Å². The van der Waals surface area contributed by atoms with Crippen LogP contribution in [0.25, 0.3) is 11.5 Å². The molecule has 1 unspecified atom stereocenters. The fourth-order valence-electron chi connectivity index (χ4n) is 2.68. The zero-order chi connectivity index (χ0) is 21.6. The molecular weight excluding hydrogens is 417 g/mol. The lowest BCUT2D eigenvalue weighted by Gasteiger charge is -2.11. The number of ether oxygens (including phenoxy) is 1. The second-order valence-corrected chi connectivity index (χ2v) is 7.83. The number of carbonyl (C=O) groups excluding carboxylic acids is 1. The predicted octanol–water partition coefficient (Wildman–Crippen LogP) is 5.79. The van der Waals surface area contributed by atoms with Gasteiger partial charge in [0.25, 0.3) is 11.1 Å². The predicted molar refractivity (Wildman–Crippen MR) is 117 cm³/mol. The number of hydrogen-bond acceptors (Lipinski definition) is 6. The van der Waals surface area contributed by atoms with Gasteiger partial charge in [-0.25, -0.2) is 4.39 Å². The molecule has 0 saturated carbocycles. The highest BCUT2D eigenvalue weighted by Gasteiger charge is 2.20. The number of amides is 1. The van der Waals surface area contributed by atoms with Gasteiger partial charge in [0, 0.05) is 5.69 Å². The van der Waals surface area contributed by atoms with Crippen LogP contribution in [0.1, 0.15) is 6.92 Å². The molecule has 8 heteroatoms. The van der Waals surface area contributed by atoms with Crippen LogP contribution in [0.5, 0.6) is 11.5 Å². The number of benzene rings is 3. The molecule has 0 radical (unpaired) electrons. The molecule has 0 bridgehead atoms. The van der Waals surface area contributed by atoms with Gasteiger partial charge in [-0.2, -0.15) is 0 Å². The van der Waals surface area contributed by atoms with Crippen LogP contribution >= 0.6 is 11.8 Å². The minimum absolute atomic E-state index is 0.0715. The minimum Gasteiger partial charge on any atom is -0.457 e. The zero-order valence-electron chi connectivity index (χ0n) is 16.5. The van der Waals surface area contributed by atoms with Crippen LogP contribution in [0.2, 0.25) is 0 Å². The Balaban J connectivity index is 1.34. The number of halogens is 1. The number of hydrogen-bond donors (Lipinski definition) is 1. The molecule has 156 valence electrons. The Morgan fingerprint density at radius 3 is 2.39 bits per heavy atom. The van der Waals surface area contributed by atoms with E-state index in [4.69, 9.17) is 9.15 Å². The van der Waals surface area contributed by atoms with E-state index in [1.807, 2.05) is 30.3 Å². The van der Waals surface area contributed by atoms with E-state index in [2.05, 4.69) is 15.5 Å². The molecular formula is C23H18FN3O3S. The summed E-state index contributed by atoms with van der Waals surface area (Å²) in [6.45, 7) is 1.72. The molecule has 4 rings (SSSR count). The molecule has 1 amide bonds. The van der Waals surface area contributed by atoms with Gasteiger partial charge in [-0.3, -0.25) is 4.79 Å². The van der Waals surface area contributed by atoms with E-state index in [0.29, 0.717) is 11.4 Å². The van der Waals surface area contributed by atoms with Crippen LogP contribution in [-0.2, 0) is 4.79 Å². The quantitative estimate of drug-likeness (QED) is 0.371. The number of anilines is 1. The van der Waals surface area contributed by atoms with Crippen LogP contribution in [-0.4, -0.2) is 21.4 Å². The van der Waals surface area contributed by atoms with E-state index in [9.17, 15) is 9.18 Å². The SMILES string of the molecule is CC(Sc1nnc(-c2ccccc2F)o1)C(=O)Nc1ccc(Oc2ccccc2)cc1. The van der Waals surface area contributed by atoms with Crippen molar-refractivity contribution in [2.45, 2.75) is 17.4 Å². The van der Waals surface area contributed by atoms with E-state index in [-0.39, 0.29) is 22.6 Å². The van der Waals surface area contributed by atoms with Gasteiger partial charge in [0.15, 0.2) is 0 Å². The van der Waals surface area contributed by atoms with Crippen molar-refractivity contribution in [3.63, 3.8) is 0 Å². The molecule has 1 aromatic heterocycles. The van der Waals surface area contributed by atoms with Gasteiger partial charge >= 0.3 is 0 Å². The van der Waals surface area contributed by atoms with Crippen molar-refractivity contribution >= 4 is 23.4 Å². The maximum Gasteiger partial charge on any atom is 0.277 e. The highest BCUT2D eigenvalue weighted by molar-refractivity contribution is 8.00. The summed E-state index contributed by atoms with van der Waals surface area (Å²) in [5.74, 6) is 0.791. The van der Waals surface area contributed by atoms with Crippen LogP contribution in [0.15, 0.2) is 88.5 Å². The molecule has 0 fully saturated rings. The van der Waals surface area contributed by atoms with E-state index >= 15 is 0 Å². The maximum atomic E-state index is 13.9. The Hall–Kier alpha value is -3.65. The summed E-state index contributed by atoms with van der Waals surface area (Å²) in [6, 6.07) is 22.6. The van der Waals surface area contributed by atoms with E-state index in [1.54, 1.807) is 49.4 Å². The van der Waals surface area contributed by atoms with Crippen molar-refractivity contribution in [2.75, 3.05) is 5.32 Å². The Kier molecular flexibility index (Phi) is 6.28. The van der Waals surface area contributed by atoms with E-state index < -0.39 is 11.1 Å². The van der Waals surface area contributed by atoms with E-state index in [1.165, 1.54) is 6.07 Å². The third-order valence-corrected chi connectivity index (χ3v) is 5.19. The molecule has 0 aliphatic heterocycles. The molecule has 1 heterocycles. The first kappa shape index (κ1) is 20.6. The van der Waals surface area contributed by atoms with Crippen molar-refractivity contribution in [1.29, 1.82) is 0 Å². The Morgan fingerprint density at radius 1 is 0.968 bits per heavy atom. The fraction of sp³-hybridized carbons (Fsp3) is 0.0870. The second-order valence-electron chi connectivity index (χ2n) is 6.54. The third kappa shape index (κ3) is 5.29. The Labute approximate surface area is 182 Å². The maximum absolute atomic E-state index is 13.9. The lowest BCUT2D eigenvalue weighted by atomic mass is 10.2. The molecule has 4 aromatic rings. The second kappa shape index (κ2) is 9.44. The van der Waals surface area contributed by atoms with Gasteiger partial charge in [-0.1, -0.05) is 42.1 Å². The van der Waals surface area contributed by atoms with Crippen molar-refractivity contribution < 1.29 is 18.3 Å². The Bertz CT molecular complexity index is 1170. The molecule has 0 saturated heterocycles. The van der Waals surface area contributed by atoms with Gasteiger partial charge in [-0.05, 0) is 55.5 Å². The molecule has 1 N–H and O–H groups in total. The van der Waals surface area contributed by atoms with Crippen molar-refractivity contribution in [1.82, 2.24) is 10.2 Å². The average Bonchev–Trinajstić information content (AvgIpc) is 3.24. The normalized spacial score (nSPS) is 11.7. The molecule has 6 nitrogen and oxygen atoms in total. The summed E-state index contributed by atoms with van der Waals surface area (Å²) in [5, 5.41) is 10.3. The number of para-hydroxylation sites is 1. The topological polar surface area (TPSA) is 77.2 Å². The van der Waals surface area contributed by atoms with Gasteiger partial charge in [0.2, 0.25) is 5.91 Å². The number of rotatable bonds is 7. The number of aromatic nitrogens is 2. The lowest BCUT2D eigenvalue weighted by molar-refractivity contribution is -0.115. The largest absolute Gasteiger partial charge is 0.457 e. The van der Waals surface area contributed by atoms with Gasteiger partial charge < -0.3 is 14.5 Å². The number of carbonyl (C=O) groups is 1. The summed E-state index contributed by atoms with van der Waals surface area (Å²) in [4.78, 5) is 12.5. The molecule has 0 spiro atoms. The average molecular weight is 435 g/mol. The summed E-state index contributed by atoms with van der Waals surface area (Å²) >= 11 is 1.10.